The summed E-state index contributed by atoms with van der Waals surface area (Å²) in [5, 5.41) is 17.7. The third-order valence-corrected chi connectivity index (χ3v) is 4.18. The van der Waals surface area contributed by atoms with Crippen molar-refractivity contribution in [1.29, 1.82) is 0 Å². The summed E-state index contributed by atoms with van der Waals surface area (Å²) in [7, 11) is 1.72. The number of piperazine rings is 1. The minimum atomic E-state index is -5.08. The summed E-state index contributed by atoms with van der Waals surface area (Å²) in [6.45, 7) is 5.04. The molecule has 2 aliphatic rings. The first kappa shape index (κ1) is 26.4. The molecule has 176 valence electrons. The third kappa shape index (κ3) is 7.86. The number of ether oxygens (including phenoxy) is 1. The highest BCUT2D eigenvalue weighted by Gasteiger charge is 2.39. The average molecular weight is 461 g/mol. The van der Waals surface area contributed by atoms with E-state index in [1.54, 1.807) is 7.11 Å². The Hall–Kier alpha value is -2.61. The van der Waals surface area contributed by atoms with Gasteiger partial charge in [-0.3, -0.25) is 0 Å². The maximum Gasteiger partial charge on any atom is 0.490 e. The Morgan fingerprint density at radius 1 is 1.16 bits per heavy atom. The number of nitrogens with zero attached hydrogens (tertiary/aromatic N) is 2. The van der Waals surface area contributed by atoms with Gasteiger partial charge in [-0.1, -0.05) is 0 Å². The molecular formula is C17H21F6N3O5. The van der Waals surface area contributed by atoms with E-state index in [4.69, 9.17) is 24.5 Å². The van der Waals surface area contributed by atoms with Gasteiger partial charge in [-0.25, -0.2) is 14.6 Å². The number of nitrogens with one attached hydrogen (secondary N) is 1. The molecular weight excluding hydrogens is 440 g/mol. The van der Waals surface area contributed by atoms with Gasteiger partial charge in [0.25, 0.3) is 0 Å². The van der Waals surface area contributed by atoms with Gasteiger partial charge in [0, 0.05) is 38.5 Å². The smallest absolute Gasteiger partial charge is 0.475 e. The van der Waals surface area contributed by atoms with Crippen LogP contribution in [0.5, 0.6) is 0 Å². The summed E-state index contributed by atoms with van der Waals surface area (Å²) in [5.74, 6) is -4.33. The van der Waals surface area contributed by atoms with E-state index in [1.165, 1.54) is 16.9 Å². The lowest BCUT2D eigenvalue weighted by Crippen LogP contribution is -2.55. The van der Waals surface area contributed by atoms with Gasteiger partial charge in [-0.2, -0.15) is 26.3 Å². The van der Waals surface area contributed by atoms with Crippen molar-refractivity contribution in [3.05, 3.63) is 23.4 Å². The zero-order valence-corrected chi connectivity index (χ0v) is 16.4. The molecule has 1 saturated heterocycles. The van der Waals surface area contributed by atoms with Crippen LogP contribution in [-0.2, 0) is 27.4 Å². The molecule has 1 fully saturated rings. The molecule has 2 aliphatic heterocycles. The highest BCUT2D eigenvalue weighted by atomic mass is 19.4. The fraction of sp³-hybridized carbons (Fsp3) is 0.588. The molecule has 0 radical (unpaired) electrons. The van der Waals surface area contributed by atoms with Crippen molar-refractivity contribution in [2.45, 2.75) is 44.4 Å². The van der Waals surface area contributed by atoms with E-state index >= 15 is 0 Å². The highest BCUT2D eigenvalue weighted by Crippen LogP contribution is 2.33. The number of carboxylic acids is 2. The van der Waals surface area contributed by atoms with Crippen LogP contribution < -0.4 is 10.2 Å². The average Bonchev–Trinajstić information content (AvgIpc) is 3.00. The molecule has 0 aromatic carbocycles. The molecule has 3 N–H and O–H groups in total. The second kappa shape index (κ2) is 10.6. The summed E-state index contributed by atoms with van der Waals surface area (Å²) in [6.07, 6.45) is -7.11. The molecule has 31 heavy (non-hydrogen) atoms. The van der Waals surface area contributed by atoms with Crippen molar-refractivity contribution in [2.24, 2.45) is 0 Å². The monoisotopic (exact) mass is 461 g/mol. The van der Waals surface area contributed by atoms with Crippen LogP contribution in [0.15, 0.2) is 12.3 Å². The number of hydrogen-bond acceptors (Lipinski definition) is 6. The lowest BCUT2D eigenvalue weighted by Gasteiger charge is -2.37. The molecule has 3 heterocycles. The van der Waals surface area contributed by atoms with Crippen molar-refractivity contribution in [3.63, 3.8) is 0 Å². The molecule has 1 aromatic heterocycles. The number of alkyl halides is 6. The number of rotatable bonds is 2. The van der Waals surface area contributed by atoms with Gasteiger partial charge in [-0.15, -0.1) is 0 Å². The van der Waals surface area contributed by atoms with Crippen molar-refractivity contribution in [3.8, 4) is 0 Å². The Morgan fingerprint density at radius 3 is 2.13 bits per heavy atom. The first-order valence-electron chi connectivity index (χ1n) is 8.74. The zero-order chi connectivity index (χ0) is 24.0. The van der Waals surface area contributed by atoms with Crippen LogP contribution in [0.25, 0.3) is 0 Å². The van der Waals surface area contributed by atoms with Crippen LogP contribution >= 0.6 is 0 Å². The molecule has 2 atom stereocenters. The molecule has 14 heteroatoms. The quantitative estimate of drug-likeness (QED) is 0.575. The first-order valence-corrected chi connectivity index (χ1v) is 8.74. The van der Waals surface area contributed by atoms with Crippen LogP contribution in [0, 0.1) is 0 Å². The van der Waals surface area contributed by atoms with Gasteiger partial charge in [0.05, 0.1) is 6.61 Å². The number of fused-ring (bicyclic) bond motifs is 3. The highest BCUT2D eigenvalue weighted by molar-refractivity contribution is 5.73. The maximum absolute atomic E-state index is 10.6. The predicted molar refractivity (Wildman–Crippen MR) is 94.6 cm³/mol. The van der Waals surface area contributed by atoms with E-state index in [2.05, 4.69) is 28.2 Å². The molecule has 0 aliphatic carbocycles. The Balaban J connectivity index is 0.000000288. The van der Waals surface area contributed by atoms with Gasteiger partial charge in [-0.05, 0) is 30.5 Å². The Bertz CT molecular complexity index is 748. The normalized spacial score (nSPS) is 19.8. The van der Waals surface area contributed by atoms with Crippen molar-refractivity contribution in [2.75, 3.05) is 25.1 Å². The summed E-state index contributed by atoms with van der Waals surface area (Å²) in [4.78, 5) is 24.9. The fourth-order valence-corrected chi connectivity index (χ4v) is 3.00. The number of halogens is 6. The van der Waals surface area contributed by atoms with Gasteiger partial charge < -0.3 is 25.2 Å². The Morgan fingerprint density at radius 2 is 1.68 bits per heavy atom. The summed E-state index contributed by atoms with van der Waals surface area (Å²) in [6, 6.07) is 3.37. The zero-order valence-electron chi connectivity index (χ0n) is 16.4. The molecule has 1 aromatic rings. The van der Waals surface area contributed by atoms with Crippen molar-refractivity contribution < 1.29 is 50.9 Å². The molecule has 0 unspecified atom stereocenters. The number of aliphatic carboxylic acids is 2. The Labute approximate surface area is 172 Å². The van der Waals surface area contributed by atoms with E-state index in [1.807, 2.05) is 6.20 Å². The van der Waals surface area contributed by atoms with Crippen LogP contribution in [0.1, 0.15) is 18.1 Å². The number of aromatic nitrogens is 1. The second-order valence-corrected chi connectivity index (χ2v) is 6.64. The van der Waals surface area contributed by atoms with Crippen LogP contribution in [-0.4, -0.2) is 71.8 Å². The minimum absolute atomic E-state index is 0.538. The van der Waals surface area contributed by atoms with Gasteiger partial charge in [0.2, 0.25) is 0 Å². The largest absolute Gasteiger partial charge is 0.490 e. The third-order valence-electron chi connectivity index (χ3n) is 4.18. The van der Waals surface area contributed by atoms with Crippen molar-refractivity contribution in [1.82, 2.24) is 10.3 Å². The van der Waals surface area contributed by atoms with Crippen LogP contribution in [0.4, 0.5) is 32.2 Å². The van der Waals surface area contributed by atoms with E-state index in [0.717, 1.165) is 19.5 Å². The van der Waals surface area contributed by atoms with E-state index < -0.39 is 24.3 Å². The molecule has 0 bridgehead atoms. The van der Waals surface area contributed by atoms with E-state index in [-0.39, 0.29) is 0 Å². The number of pyridine rings is 1. The number of hydrogen-bond donors (Lipinski definition) is 3. The lowest BCUT2D eigenvalue weighted by molar-refractivity contribution is -0.193. The molecule has 0 saturated carbocycles. The van der Waals surface area contributed by atoms with E-state index in [9.17, 15) is 26.3 Å². The van der Waals surface area contributed by atoms with E-state index in [0.29, 0.717) is 18.7 Å². The minimum Gasteiger partial charge on any atom is -0.475 e. The fourth-order valence-electron chi connectivity index (χ4n) is 3.00. The predicted octanol–water partition coefficient (Wildman–Crippen LogP) is 2.22. The number of carbonyl (C=O) groups is 2. The SMILES string of the molecule is COCc1cnc2c(c1)C[C@@H]1CNC[C@@H](C)N21.O=C(O)C(F)(F)F.O=C(O)C(F)(F)F. The summed E-state index contributed by atoms with van der Waals surface area (Å²) >= 11 is 0. The molecule has 0 spiro atoms. The number of anilines is 1. The topological polar surface area (TPSA) is 112 Å². The van der Waals surface area contributed by atoms with Crippen molar-refractivity contribution >= 4 is 17.8 Å². The second-order valence-electron chi connectivity index (χ2n) is 6.64. The summed E-state index contributed by atoms with van der Waals surface area (Å²) in [5.41, 5.74) is 2.55. The number of methoxy groups -OCH3 is 1. The summed E-state index contributed by atoms with van der Waals surface area (Å²) < 4.78 is 68.6. The number of carboxylic acid groups (broad SMARTS) is 2. The molecule has 8 nitrogen and oxygen atoms in total. The molecule has 0 amide bonds. The maximum atomic E-state index is 10.6. The standard InChI is InChI=1S/C13H19N3O.2C2HF3O2/c1-9-5-14-7-12-4-11-3-10(8-17-2)6-15-13(11)16(9)12;2*3-2(4,5)1(6)7/h3,6,9,12,14H,4-5,7-8H2,1-2H3;2*(H,6,7)/t9-,12-;;/m1../s1. The van der Waals surface area contributed by atoms with Gasteiger partial charge in [0.15, 0.2) is 0 Å². The van der Waals surface area contributed by atoms with Crippen LogP contribution in [0.2, 0.25) is 0 Å². The van der Waals surface area contributed by atoms with Gasteiger partial charge in [0.1, 0.15) is 5.82 Å². The molecule has 3 rings (SSSR count). The van der Waals surface area contributed by atoms with Gasteiger partial charge >= 0.3 is 24.3 Å². The lowest BCUT2D eigenvalue weighted by atomic mass is 10.1. The van der Waals surface area contributed by atoms with Crippen LogP contribution in [0.3, 0.4) is 0 Å². The Kier molecular flexibility index (Phi) is 9.05. The first-order chi connectivity index (χ1) is 14.2.